The van der Waals surface area contributed by atoms with Crippen LogP contribution in [0.25, 0.3) is 0 Å². The van der Waals surface area contributed by atoms with Crippen molar-refractivity contribution >= 4 is 21.6 Å². The summed E-state index contributed by atoms with van der Waals surface area (Å²) in [5.74, 6) is -0.677. The van der Waals surface area contributed by atoms with Crippen molar-refractivity contribution in [3.63, 3.8) is 0 Å². The average Bonchev–Trinajstić information content (AvgIpc) is 2.20. The molecule has 1 aromatic carbocycles. The van der Waals surface area contributed by atoms with Gasteiger partial charge in [-0.2, -0.15) is 4.31 Å². The normalized spacial score (nSPS) is 14.0. The largest absolute Gasteiger partial charge is 0.392 e. The van der Waals surface area contributed by atoms with Crippen molar-refractivity contribution in [2.75, 3.05) is 13.6 Å². The van der Waals surface area contributed by atoms with E-state index in [1.54, 1.807) is 0 Å². The lowest BCUT2D eigenvalue weighted by atomic mass is 10.3. The number of nitrogens with zero attached hydrogens (tertiary/aromatic N) is 1. The third kappa shape index (κ3) is 3.38. The van der Waals surface area contributed by atoms with E-state index in [1.165, 1.54) is 14.0 Å². The molecule has 0 aromatic heterocycles. The van der Waals surface area contributed by atoms with Gasteiger partial charge in [0.25, 0.3) is 0 Å². The zero-order chi connectivity index (χ0) is 13.2. The molecule has 0 saturated heterocycles. The minimum Gasteiger partial charge on any atom is -0.392 e. The summed E-state index contributed by atoms with van der Waals surface area (Å²) in [4.78, 5) is -0.105. The number of benzene rings is 1. The molecule has 0 fully saturated rings. The molecule has 1 unspecified atom stereocenters. The maximum atomic E-state index is 12.9. The Kier molecular flexibility index (Phi) is 4.48. The number of halogens is 2. The smallest absolute Gasteiger partial charge is 0.242 e. The van der Waals surface area contributed by atoms with Crippen LogP contribution in [0.5, 0.6) is 0 Å². The number of aliphatic hydroxyl groups excluding tert-OH is 1. The van der Waals surface area contributed by atoms with Gasteiger partial charge in [0, 0.05) is 13.6 Å². The molecular weight excluding hydrogens is 269 g/mol. The maximum Gasteiger partial charge on any atom is 0.242 e. The van der Waals surface area contributed by atoms with E-state index in [4.69, 9.17) is 16.7 Å². The molecule has 7 heteroatoms. The number of sulfonamides is 1. The van der Waals surface area contributed by atoms with Gasteiger partial charge in [-0.25, -0.2) is 12.8 Å². The van der Waals surface area contributed by atoms with Crippen molar-refractivity contribution in [1.29, 1.82) is 0 Å². The first kappa shape index (κ1) is 14.4. The monoisotopic (exact) mass is 281 g/mol. The van der Waals surface area contributed by atoms with Gasteiger partial charge in [-0.1, -0.05) is 11.6 Å². The quantitative estimate of drug-likeness (QED) is 0.909. The van der Waals surface area contributed by atoms with Crippen LogP contribution in [0.2, 0.25) is 5.02 Å². The predicted molar refractivity (Wildman–Crippen MR) is 62.9 cm³/mol. The van der Waals surface area contributed by atoms with Gasteiger partial charge in [0.05, 0.1) is 16.0 Å². The standard InChI is InChI=1S/C10H13ClFNO3S/c1-7(14)6-13(2)17(15,16)8-3-4-10(12)9(11)5-8/h3-5,7,14H,6H2,1-2H3. The molecule has 0 saturated carbocycles. The molecule has 0 bridgehead atoms. The fourth-order valence-electron chi connectivity index (χ4n) is 1.29. The molecule has 0 heterocycles. The molecule has 0 amide bonds. The van der Waals surface area contributed by atoms with Gasteiger partial charge in [0.2, 0.25) is 10.0 Å². The first-order valence-corrected chi connectivity index (χ1v) is 6.66. The van der Waals surface area contributed by atoms with Gasteiger partial charge in [-0.05, 0) is 25.1 Å². The van der Waals surface area contributed by atoms with Crippen molar-refractivity contribution in [1.82, 2.24) is 4.31 Å². The number of aliphatic hydroxyl groups is 1. The lowest BCUT2D eigenvalue weighted by Gasteiger charge is -2.18. The molecule has 0 aliphatic rings. The summed E-state index contributed by atoms with van der Waals surface area (Å²) in [5.41, 5.74) is 0. The van der Waals surface area contributed by atoms with E-state index in [2.05, 4.69) is 0 Å². The average molecular weight is 282 g/mol. The maximum absolute atomic E-state index is 12.9. The molecule has 1 rings (SSSR count). The number of hydrogen-bond donors (Lipinski definition) is 1. The second-order valence-corrected chi connectivity index (χ2v) is 6.16. The molecule has 0 spiro atoms. The van der Waals surface area contributed by atoms with Crippen LogP contribution >= 0.6 is 11.6 Å². The van der Waals surface area contributed by atoms with Crippen LogP contribution in [0.4, 0.5) is 4.39 Å². The number of hydrogen-bond acceptors (Lipinski definition) is 3. The molecule has 0 aliphatic heterocycles. The Morgan fingerprint density at radius 2 is 2.12 bits per heavy atom. The van der Waals surface area contributed by atoms with Gasteiger partial charge in [-0.15, -0.1) is 0 Å². The third-order valence-electron chi connectivity index (χ3n) is 2.12. The molecule has 0 aliphatic carbocycles. The Balaban J connectivity index is 3.09. The summed E-state index contributed by atoms with van der Waals surface area (Å²) in [5, 5.41) is 8.89. The third-order valence-corrected chi connectivity index (χ3v) is 4.23. The summed E-state index contributed by atoms with van der Waals surface area (Å²) in [6.07, 6.45) is -0.786. The summed E-state index contributed by atoms with van der Waals surface area (Å²) < 4.78 is 37.8. The van der Waals surface area contributed by atoms with E-state index in [0.29, 0.717) is 0 Å². The van der Waals surface area contributed by atoms with E-state index < -0.39 is 21.9 Å². The highest BCUT2D eigenvalue weighted by atomic mass is 35.5. The number of likely N-dealkylation sites (N-methyl/N-ethyl adjacent to an activating group) is 1. The van der Waals surface area contributed by atoms with Gasteiger partial charge in [-0.3, -0.25) is 0 Å². The lowest BCUT2D eigenvalue weighted by molar-refractivity contribution is 0.171. The van der Waals surface area contributed by atoms with Crippen molar-refractivity contribution in [3.05, 3.63) is 29.0 Å². The van der Waals surface area contributed by atoms with Gasteiger partial charge in [0.1, 0.15) is 5.82 Å². The Morgan fingerprint density at radius 1 is 1.53 bits per heavy atom. The predicted octanol–water partition coefficient (Wildman–Crippen LogP) is 1.48. The van der Waals surface area contributed by atoms with E-state index in [0.717, 1.165) is 22.5 Å². The Morgan fingerprint density at radius 3 is 2.59 bits per heavy atom. The molecule has 4 nitrogen and oxygen atoms in total. The van der Waals surface area contributed by atoms with Crippen LogP contribution in [0.15, 0.2) is 23.1 Å². The molecule has 0 radical (unpaired) electrons. The topological polar surface area (TPSA) is 57.6 Å². The van der Waals surface area contributed by atoms with Crippen LogP contribution in [-0.2, 0) is 10.0 Å². The summed E-state index contributed by atoms with van der Waals surface area (Å²) >= 11 is 5.52. The Bertz CT molecular complexity index is 504. The first-order chi connectivity index (χ1) is 7.75. The van der Waals surface area contributed by atoms with Crippen LogP contribution < -0.4 is 0 Å². The molecule has 96 valence electrons. The van der Waals surface area contributed by atoms with Crippen LogP contribution in [0.1, 0.15) is 6.92 Å². The highest BCUT2D eigenvalue weighted by Gasteiger charge is 2.22. The Labute approximate surface area is 105 Å². The molecule has 1 atom stereocenters. The van der Waals surface area contributed by atoms with Crippen molar-refractivity contribution in [2.45, 2.75) is 17.9 Å². The van der Waals surface area contributed by atoms with Crippen molar-refractivity contribution in [2.24, 2.45) is 0 Å². The van der Waals surface area contributed by atoms with Gasteiger partial charge < -0.3 is 5.11 Å². The minimum atomic E-state index is -3.75. The Hall–Kier alpha value is -0.690. The van der Waals surface area contributed by atoms with Crippen LogP contribution in [0.3, 0.4) is 0 Å². The summed E-state index contributed by atoms with van der Waals surface area (Å²) in [6, 6.07) is 3.17. The zero-order valence-corrected chi connectivity index (χ0v) is 11.0. The van der Waals surface area contributed by atoms with E-state index in [9.17, 15) is 12.8 Å². The first-order valence-electron chi connectivity index (χ1n) is 4.84. The highest BCUT2D eigenvalue weighted by molar-refractivity contribution is 7.89. The van der Waals surface area contributed by atoms with Crippen molar-refractivity contribution < 1.29 is 17.9 Å². The van der Waals surface area contributed by atoms with E-state index in [-0.39, 0.29) is 16.5 Å². The van der Waals surface area contributed by atoms with E-state index in [1.807, 2.05) is 0 Å². The van der Waals surface area contributed by atoms with Crippen LogP contribution in [-0.4, -0.2) is 37.5 Å². The SMILES string of the molecule is CC(O)CN(C)S(=O)(=O)c1ccc(F)c(Cl)c1. The molecule has 1 aromatic rings. The fourth-order valence-corrected chi connectivity index (χ4v) is 2.81. The lowest BCUT2D eigenvalue weighted by Crippen LogP contribution is -2.33. The molecular formula is C10H13ClFNO3S. The fraction of sp³-hybridized carbons (Fsp3) is 0.400. The number of rotatable bonds is 4. The zero-order valence-electron chi connectivity index (χ0n) is 9.39. The van der Waals surface area contributed by atoms with Crippen molar-refractivity contribution in [3.8, 4) is 0 Å². The highest BCUT2D eigenvalue weighted by Crippen LogP contribution is 2.21. The second-order valence-electron chi connectivity index (χ2n) is 3.71. The molecule has 17 heavy (non-hydrogen) atoms. The van der Waals surface area contributed by atoms with Gasteiger partial charge in [0.15, 0.2) is 0 Å². The van der Waals surface area contributed by atoms with Gasteiger partial charge >= 0.3 is 0 Å². The second kappa shape index (κ2) is 5.30. The van der Waals surface area contributed by atoms with Crippen LogP contribution in [0, 0.1) is 5.82 Å². The summed E-state index contributed by atoms with van der Waals surface area (Å²) in [6.45, 7) is 1.43. The van der Waals surface area contributed by atoms with E-state index >= 15 is 0 Å². The molecule has 1 N–H and O–H groups in total. The minimum absolute atomic E-state index is 0.0443. The summed E-state index contributed by atoms with van der Waals surface area (Å²) in [7, 11) is -2.42.